The fraction of sp³-hybridized carbons (Fsp3) is 0.167. The molecular formula is C18H18O5. The van der Waals surface area contributed by atoms with Crippen molar-refractivity contribution in [2.75, 3.05) is 14.2 Å². The van der Waals surface area contributed by atoms with Crippen molar-refractivity contribution in [3.63, 3.8) is 0 Å². The number of carbonyl (C=O) groups is 1. The highest BCUT2D eigenvalue weighted by atomic mass is 16.5. The Kier molecular flexibility index (Phi) is 5.63. The van der Waals surface area contributed by atoms with Crippen molar-refractivity contribution in [3.8, 4) is 17.2 Å². The number of methoxy groups -OCH3 is 2. The minimum Gasteiger partial charge on any atom is -0.497 e. The maximum Gasteiger partial charge on any atom is 0.328 e. The highest BCUT2D eigenvalue weighted by Crippen LogP contribution is 2.24. The summed E-state index contributed by atoms with van der Waals surface area (Å²) in [6.07, 6.45) is 2.62. The third-order valence-corrected chi connectivity index (χ3v) is 3.18. The molecule has 0 unspecified atom stereocenters. The molecule has 0 aromatic heterocycles. The lowest BCUT2D eigenvalue weighted by atomic mass is 10.1. The van der Waals surface area contributed by atoms with Crippen molar-refractivity contribution < 1.29 is 24.1 Å². The zero-order valence-electron chi connectivity index (χ0n) is 13.0. The van der Waals surface area contributed by atoms with Crippen molar-refractivity contribution in [3.05, 3.63) is 59.7 Å². The molecule has 5 nitrogen and oxygen atoms in total. The van der Waals surface area contributed by atoms with E-state index in [2.05, 4.69) is 0 Å². The van der Waals surface area contributed by atoms with E-state index in [0.717, 1.165) is 23.0 Å². The molecule has 0 atom stereocenters. The van der Waals surface area contributed by atoms with Crippen LogP contribution in [0.15, 0.2) is 48.5 Å². The van der Waals surface area contributed by atoms with Gasteiger partial charge in [-0.05, 0) is 48.0 Å². The lowest BCUT2D eigenvalue weighted by Crippen LogP contribution is -1.99. The van der Waals surface area contributed by atoms with Crippen LogP contribution in [0, 0.1) is 0 Å². The highest BCUT2D eigenvalue weighted by molar-refractivity contribution is 5.85. The van der Waals surface area contributed by atoms with Gasteiger partial charge in [-0.15, -0.1) is 0 Å². The van der Waals surface area contributed by atoms with Gasteiger partial charge in [0.2, 0.25) is 0 Å². The average molecular weight is 314 g/mol. The van der Waals surface area contributed by atoms with E-state index in [0.29, 0.717) is 18.1 Å². The molecule has 0 aliphatic heterocycles. The van der Waals surface area contributed by atoms with Gasteiger partial charge in [0.25, 0.3) is 0 Å². The van der Waals surface area contributed by atoms with Crippen LogP contribution in [0.25, 0.3) is 6.08 Å². The molecule has 0 bridgehead atoms. The highest BCUT2D eigenvalue weighted by Gasteiger charge is 2.05. The summed E-state index contributed by atoms with van der Waals surface area (Å²) >= 11 is 0. The quantitative estimate of drug-likeness (QED) is 0.794. The van der Waals surface area contributed by atoms with E-state index in [-0.39, 0.29) is 0 Å². The van der Waals surface area contributed by atoms with E-state index in [1.54, 1.807) is 26.4 Å². The second-order valence-electron chi connectivity index (χ2n) is 4.71. The number of rotatable bonds is 7. The molecule has 0 aliphatic carbocycles. The first-order chi connectivity index (χ1) is 11.1. The molecule has 120 valence electrons. The van der Waals surface area contributed by atoms with Crippen LogP contribution in [0.1, 0.15) is 11.1 Å². The molecule has 0 fully saturated rings. The number of aliphatic carboxylic acids is 1. The lowest BCUT2D eigenvalue weighted by molar-refractivity contribution is -0.131. The van der Waals surface area contributed by atoms with Gasteiger partial charge in [0.15, 0.2) is 0 Å². The third-order valence-electron chi connectivity index (χ3n) is 3.18. The Hall–Kier alpha value is -2.95. The molecule has 2 aromatic rings. The van der Waals surface area contributed by atoms with Crippen LogP contribution in [0.4, 0.5) is 0 Å². The van der Waals surface area contributed by atoms with Gasteiger partial charge in [-0.25, -0.2) is 4.79 Å². The zero-order valence-corrected chi connectivity index (χ0v) is 13.0. The van der Waals surface area contributed by atoms with E-state index < -0.39 is 5.97 Å². The van der Waals surface area contributed by atoms with Crippen LogP contribution >= 0.6 is 0 Å². The Morgan fingerprint density at radius 3 is 2.35 bits per heavy atom. The van der Waals surface area contributed by atoms with Crippen molar-refractivity contribution in [1.29, 1.82) is 0 Å². The smallest absolute Gasteiger partial charge is 0.328 e. The van der Waals surface area contributed by atoms with E-state index in [1.807, 2.05) is 30.3 Å². The maximum atomic E-state index is 10.6. The Morgan fingerprint density at radius 1 is 1.04 bits per heavy atom. The van der Waals surface area contributed by atoms with Crippen molar-refractivity contribution in [1.82, 2.24) is 0 Å². The van der Waals surface area contributed by atoms with Crippen LogP contribution in [-0.2, 0) is 11.4 Å². The van der Waals surface area contributed by atoms with Gasteiger partial charge in [-0.2, -0.15) is 0 Å². The van der Waals surface area contributed by atoms with Crippen LogP contribution in [-0.4, -0.2) is 25.3 Å². The second kappa shape index (κ2) is 7.89. The number of benzene rings is 2. The molecule has 0 radical (unpaired) electrons. The number of hydrogen-bond acceptors (Lipinski definition) is 4. The van der Waals surface area contributed by atoms with Crippen LogP contribution in [0.3, 0.4) is 0 Å². The largest absolute Gasteiger partial charge is 0.497 e. The first-order valence-electron chi connectivity index (χ1n) is 6.97. The summed E-state index contributed by atoms with van der Waals surface area (Å²) in [5.74, 6) is 1.16. The molecule has 5 heteroatoms. The molecule has 0 heterocycles. The van der Waals surface area contributed by atoms with Gasteiger partial charge in [0.1, 0.15) is 23.9 Å². The molecule has 1 N–H and O–H groups in total. The summed E-state index contributed by atoms with van der Waals surface area (Å²) in [6, 6.07) is 12.7. The molecule has 0 saturated carbocycles. The second-order valence-corrected chi connectivity index (χ2v) is 4.71. The number of carboxylic acid groups (broad SMARTS) is 1. The minimum atomic E-state index is -0.989. The summed E-state index contributed by atoms with van der Waals surface area (Å²) in [5, 5.41) is 8.69. The fourth-order valence-electron chi connectivity index (χ4n) is 2.02. The molecular weight excluding hydrogens is 296 g/mol. The van der Waals surface area contributed by atoms with E-state index in [4.69, 9.17) is 19.3 Å². The molecule has 23 heavy (non-hydrogen) atoms. The van der Waals surface area contributed by atoms with Gasteiger partial charge in [0, 0.05) is 11.6 Å². The maximum absolute atomic E-state index is 10.6. The summed E-state index contributed by atoms with van der Waals surface area (Å²) in [7, 11) is 3.19. The number of ether oxygens (including phenoxy) is 3. The fourth-order valence-corrected chi connectivity index (χ4v) is 2.02. The van der Waals surface area contributed by atoms with E-state index >= 15 is 0 Å². The summed E-state index contributed by atoms with van der Waals surface area (Å²) in [5.41, 5.74) is 1.59. The SMILES string of the molecule is COc1ccc(OCc2cc(/C=C/C(=O)O)ccc2OC)cc1. The third kappa shape index (κ3) is 4.78. The summed E-state index contributed by atoms with van der Waals surface area (Å²) < 4.78 is 16.1. The van der Waals surface area contributed by atoms with Gasteiger partial charge in [-0.3, -0.25) is 0 Å². The normalized spacial score (nSPS) is 10.5. The van der Waals surface area contributed by atoms with Crippen LogP contribution < -0.4 is 14.2 Å². The first-order valence-corrected chi connectivity index (χ1v) is 6.97. The predicted molar refractivity (Wildman–Crippen MR) is 87.0 cm³/mol. The predicted octanol–water partition coefficient (Wildman–Crippen LogP) is 3.38. The molecule has 0 spiro atoms. The molecule has 0 amide bonds. The average Bonchev–Trinajstić information content (AvgIpc) is 2.58. The van der Waals surface area contributed by atoms with Gasteiger partial charge < -0.3 is 19.3 Å². The molecule has 0 aliphatic rings. The van der Waals surface area contributed by atoms with Crippen molar-refractivity contribution in [2.24, 2.45) is 0 Å². The Morgan fingerprint density at radius 2 is 1.74 bits per heavy atom. The Bertz CT molecular complexity index is 689. The number of hydrogen-bond donors (Lipinski definition) is 1. The van der Waals surface area contributed by atoms with Crippen LogP contribution in [0.2, 0.25) is 0 Å². The van der Waals surface area contributed by atoms with Gasteiger partial charge in [-0.1, -0.05) is 6.07 Å². The van der Waals surface area contributed by atoms with Gasteiger partial charge in [0.05, 0.1) is 14.2 Å². The Balaban J connectivity index is 2.12. The van der Waals surface area contributed by atoms with Gasteiger partial charge >= 0.3 is 5.97 Å². The monoisotopic (exact) mass is 314 g/mol. The molecule has 2 aromatic carbocycles. The minimum absolute atomic E-state index is 0.310. The van der Waals surface area contributed by atoms with Crippen molar-refractivity contribution in [2.45, 2.75) is 6.61 Å². The first kappa shape index (κ1) is 16.4. The number of carboxylic acids is 1. The molecule has 2 rings (SSSR count). The summed E-state index contributed by atoms with van der Waals surface area (Å²) in [4.78, 5) is 10.6. The van der Waals surface area contributed by atoms with Crippen LogP contribution in [0.5, 0.6) is 17.2 Å². The van der Waals surface area contributed by atoms with E-state index in [9.17, 15) is 4.79 Å². The lowest BCUT2D eigenvalue weighted by Gasteiger charge is -2.11. The Labute approximate surface area is 134 Å². The topological polar surface area (TPSA) is 65.0 Å². The van der Waals surface area contributed by atoms with E-state index in [1.165, 1.54) is 6.08 Å². The standard InChI is InChI=1S/C18H18O5/c1-21-15-5-7-16(8-6-15)23-12-14-11-13(4-10-18(19)20)3-9-17(14)22-2/h3-11H,12H2,1-2H3,(H,19,20)/b10-4+. The zero-order chi connectivity index (χ0) is 16.7. The molecule has 0 saturated heterocycles. The summed E-state index contributed by atoms with van der Waals surface area (Å²) in [6.45, 7) is 0.310. The van der Waals surface area contributed by atoms with Crippen molar-refractivity contribution >= 4 is 12.0 Å².